The smallest absolute Gasteiger partial charge is 0.333 e. The van der Waals surface area contributed by atoms with Crippen molar-refractivity contribution in [1.29, 1.82) is 0 Å². The van der Waals surface area contributed by atoms with Crippen molar-refractivity contribution in [2.45, 2.75) is 91.5 Å². The van der Waals surface area contributed by atoms with Gasteiger partial charge in [0.25, 0.3) is 0 Å². The minimum absolute atomic E-state index is 0.0773. The first-order valence-electron chi connectivity index (χ1n) is 11.4. The molecule has 0 aromatic heterocycles. The van der Waals surface area contributed by atoms with Crippen LogP contribution >= 0.6 is 0 Å². The molecule has 2 bridgehead atoms. The van der Waals surface area contributed by atoms with Gasteiger partial charge in [0.2, 0.25) is 0 Å². The van der Waals surface area contributed by atoms with E-state index >= 15 is 0 Å². The van der Waals surface area contributed by atoms with Crippen LogP contribution in [0.25, 0.3) is 0 Å². The molecule has 0 radical (unpaired) electrons. The molecule has 3 fully saturated rings. The van der Waals surface area contributed by atoms with Gasteiger partial charge in [0.05, 0.1) is 0 Å². The van der Waals surface area contributed by atoms with E-state index in [0.29, 0.717) is 43.6 Å². The quantitative estimate of drug-likeness (QED) is 0.241. The summed E-state index contributed by atoms with van der Waals surface area (Å²) in [6, 6.07) is 0. The second kappa shape index (κ2) is 8.01. The highest BCUT2D eigenvalue weighted by Gasteiger charge is 2.75. The molecule has 0 aromatic carbocycles. The van der Waals surface area contributed by atoms with Crippen LogP contribution in [0, 0.1) is 29.1 Å². The highest BCUT2D eigenvalue weighted by molar-refractivity contribution is 6.03. The number of ether oxygens (including phenoxy) is 3. The molecule has 5 unspecified atom stereocenters. The zero-order chi connectivity index (χ0) is 22.4. The average Bonchev–Trinajstić information content (AvgIpc) is 3.27. The Bertz CT molecular complexity index is 734. The van der Waals surface area contributed by atoms with Crippen molar-refractivity contribution >= 4 is 17.9 Å². The molecule has 0 amide bonds. The van der Waals surface area contributed by atoms with Crippen LogP contribution < -0.4 is 0 Å². The van der Waals surface area contributed by atoms with Crippen molar-refractivity contribution in [1.82, 2.24) is 0 Å². The first kappa shape index (κ1) is 22.8. The summed E-state index contributed by atoms with van der Waals surface area (Å²) in [6.45, 7) is 15.9. The third-order valence-electron chi connectivity index (χ3n) is 7.66. The second-order valence-corrected chi connectivity index (χ2v) is 10.0. The van der Waals surface area contributed by atoms with Crippen LogP contribution in [0.15, 0.2) is 12.2 Å². The Morgan fingerprint density at radius 3 is 2.40 bits per heavy atom. The Morgan fingerprint density at radius 1 is 1.23 bits per heavy atom. The lowest BCUT2D eigenvalue weighted by molar-refractivity contribution is -0.183. The minimum atomic E-state index is -1.25. The first-order valence-corrected chi connectivity index (χ1v) is 11.4. The molecule has 5 atom stereocenters. The zero-order valence-electron chi connectivity index (χ0n) is 19.2. The summed E-state index contributed by atoms with van der Waals surface area (Å²) in [5.74, 6) is -1.35. The van der Waals surface area contributed by atoms with Crippen molar-refractivity contribution in [3.8, 4) is 0 Å². The molecular weight excluding hydrogens is 384 g/mol. The Kier molecular flexibility index (Phi) is 6.09. The summed E-state index contributed by atoms with van der Waals surface area (Å²) in [5.41, 5.74) is -1.42. The van der Waals surface area contributed by atoms with Gasteiger partial charge in [-0.1, -0.05) is 48.1 Å². The molecule has 168 valence electrons. The summed E-state index contributed by atoms with van der Waals surface area (Å²) < 4.78 is 17.4. The molecule has 3 rings (SSSR count). The van der Waals surface area contributed by atoms with Crippen molar-refractivity contribution in [3.05, 3.63) is 12.2 Å². The number of fused-ring (bicyclic) bond motifs is 1. The minimum Gasteiger partial charge on any atom is -0.458 e. The molecule has 2 aliphatic carbocycles. The Balaban J connectivity index is 1.76. The third kappa shape index (κ3) is 3.36. The summed E-state index contributed by atoms with van der Waals surface area (Å²) in [4.78, 5) is 38.8. The molecule has 0 aromatic rings. The lowest BCUT2D eigenvalue weighted by Gasteiger charge is -2.39. The van der Waals surface area contributed by atoms with E-state index in [1.165, 1.54) is 0 Å². The largest absolute Gasteiger partial charge is 0.458 e. The summed E-state index contributed by atoms with van der Waals surface area (Å²) in [7, 11) is 0. The van der Waals surface area contributed by atoms with E-state index in [9.17, 15) is 14.4 Å². The fourth-order valence-electron chi connectivity index (χ4n) is 5.82. The number of carbonyl (C=O) groups is 3. The molecule has 0 N–H and O–H groups in total. The van der Waals surface area contributed by atoms with E-state index < -0.39 is 41.1 Å². The van der Waals surface area contributed by atoms with Gasteiger partial charge in [-0.3, -0.25) is 9.59 Å². The van der Waals surface area contributed by atoms with E-state index in [-0.39, 0.29) is 17.8 Å². The van der Waals surface area contributed by atoms with Gasteiger partial charge < -0.3 is 14.2 Å². The van der Waals surface area contributed by atoms with Crippen molar-refractivity contribution in [3.63, 3.8) is 0 Å². The van der Waals surface area contributed by atoms with Gasteiger partial charge in [-0.05, 0) is 43.9 Å². The van der Waals surface area contributed by atoms with Crippen LogP contribution in [0.1, 0.15) is 73.6 Å². The monoisotopic (exact) mass is 420 g/mol. The van der Waals surface area contributed by atoms with Crippen molar-refractivity contribution in [2.75, 3.05) is 0 Å². The molecule has 0 spiro atoms. The molecule has 3 aliphatic rings. The van der Waals surface area contributed by atoms with Crippen molar-refractivity contribution in [2.24, 2.45) is 29.1 Å². The van der Waals surface area contributed by atoms with Crippen LogP contribution in [0.2, 0.25) is 0 Å². The molecule has 1 saturated heterocycles. The number of rotatable bonds is 9. The molecule has 6 heteroatoms. The maximum Gasteiger partial charge on any atom is 0.333 e. The normalized spacial score (nSPS) is 31.9. The Hall–Kier alpha value is -1.85. The van der Waals surface area contributed by atoms with Gasteiger partial charge in [-0.15, -0.1) is 0 Å². The fourth-order valence-corrected chi connectivity index (χ4v) is 5.82. The Labute approximate surface area is 179 Å². The molecule has 30 heavy (non-hydrogen) atoms. The number of hydrogen-bond donors (Lipinski definition) is 0. The maximum atomic E-state index is 13.4. The van der Waals surface area contributed by atoms with E-state index in [1.54, 1.807) is 0 Å². The van der Waals surface area contributed by atoms with Gasteiger partial charge in [-0.2, -0.15) is 0 Å². The number of esters is 3. The van der Waals surface area contributed by atoms with Gasteiger partial charge in [0, 0.05) is 17.4 Å². The van der Waals surface area contributed by atoms with Crippen LogP contribution in [0.3, 0.4) is 0 Å². The van der Waals surface area contributed by atoms with E-state index in [0.717, 1.165) is 0 Å². The highest BCUT2D eigenvalue weighted by atomic mass is 16.6. The van der Waals surface area contributed by atoms with Crippen LogP contribution in [-0.2, 0) is 28.6 Å². The number of carbonyl (C=O) groups excluding carboxylic acids is 3. The lowest BCUT2D eigenvalue weighted by atomic mass is 9.73. The van der Waals surface area contributed by atoms with Crippen LogP contribution in [-0.4, -0.2) is 35.7 Å². The SMILES string of the molecule is C=C(CC(C)C)C(=O)OC1C2CC3C1OC(=O)C3(C(=O)OC(CC)(CC)C(C)C)C2. The van der Waals surface area contributed by atoms with Crippen molar-refractivity contribution < 1.29 is 28.6 Å². The molecule has 1 heterocycles. The van der Waals surface area contributed by atoms with Crippen LogP contribution in [0.4, 0.5) is 0 Å². The van der Waals surface area contributed by atoms with E-state index in [4.69, 9.17) is 14.2 Å². The van der Waals surface area contributed by atoms with E-state index in [2.05, 4.69) is 6.58 Å². The predicted octanol–water partition coefficient (Wildman–Crippen LogP) is 4.21. The van der Waals surface area contributed by atoms with Gasteiger partial charge in [0.15, 0.2) is 5.41 Å². The zero-order valence-corrected chi connectivity index (χ0v) is 19.2. The van der Waals surface area contributed by atoms with Gasteiger partial charge in [0.1, 0.15) is 17.8 Å². The van der Waals surface area contributed by atoms with Gasteiger partial charge in [-0.25, -0.2) is 4.79 Å². The summed E-state index contributed by atoms with van der Waals surface area (Å²) in [5, 5.41) is 0. The Morgan fingerprint density at radius 2 is 1.87 bits per heavy atom. The average molecular weight is 421 g/mol. The summed E-state index contributed by atoms with van der Waals surface area (Å²) in [6.07, 6.45) is 1.81. The fraction of sp³-hybridized carbons (Fsp3) is 0.792. The molecule has 1 aliphatic heterocycles. The first-order chi connectivity index (χ1) is 14.0. The highest BCUT2D eigenvalue weighted by Crippen LogP contribution is 2.63. The second-order valence-electron chi connectivity index (χ2n) is 10.0. The standard InChI is InChI=1S/C24H36O6/c1-8-23(9-2,14(5)6)30-22(27)24-12-16-11-17(24)19(29-21(24)26)18(16)28-20(25)15(7)10-13(3)4/h13-14,16-19H,7-12H2,1-6H3. The molecule has 2 saturated carbocycles. The maximum absolute atomic E-state index is 13.4. The van der Waals surface area contributed by atoms with Crippen LogP contribution in [0.5, 0.6) is 0 Å². The predicted molar refractivity (Wildman–Crippen MR) is 111 cm³/mol. The third-order valence-corrected chi connectivity index (χ3v) is 7.66. The lowest BCUT2D eigenvalue weighted by Crippen LogP contribution is -2.50. The summed E-state index contributed by atoms with van der Waals surface area (Å²) >= 11 is 0. The van der Waals surface area contributed by atoms with E-state index in [1.807, 2.05) is 41.5 Å². The topological polar surface area (TPSA) is 78.9 Å². The molecule has 6 nitrogen and oxygen atoms in total. The number of hydrogen-bond acceptors (Lipinski definition) is 6. The van der Waals surface area contributed by atoms with Gasteiger partial charge >= 0.3 is 17.9 Å². The molecular formula is C24H36O6.